The average Bonchev–Trinajstić information content (AvgIpc) is 3.52. The third-order valence-electron chi connectivity index (χ3n) is 5.73. The predicted octanol–water partition coefficient (Wildman–Crippen LogP) is 2.37. The molecule has 8 heteroatoms. The van der Waals surface area contributed by atoms with Crippen molar-refractivity contribution in [3.63, 3.8) is 0 Å². The molecular weight excluding hydrogens is 382 g/mol. The van der Waals surface area contributed by atoms with Crippen LogP contribution in [0.25, 0.3) is 11.3 Å². The van der Waals surface area contributed by atoms with Crippen molar-refractivity contribution in [1.29, 1.82) is 0 Å². The number of carbonyl (C=O) groups is 2. The first-order valence-electron chi connectivity index (χ1n) is 10.3. The third-order valence-corrected chi connectivity index (χ3v) is 5.73. The maximum atomic E-state index is 12.2. The van der Waals surface area contributed by atoms with Gasteiger partial charge in [0.05, 0.1) is 12.6 Å². The number of aromatic nitrogens is 2. The van der Waals surface area contributed by atoms with Gasteiger partial charge in [-0.25, -0.2) is 4.68 Å². The van der Waals surface area contributed by atoms with Crippen LogP contribution in [0.5, 0.6) is 5.75 Å². The third kappa shape index (κ3) is 4.03. The van der Waals surface area contributed by atoms with Crippen LogP contribution in [0.4, 0.5) is 5.82 Å². The number of nitrogen functional groups attached to an aromatic ring is 1. The van der Waals surface area contributed by atoms with Gasteiger partial charge in [0.1, 0.15) is 22.8 Å². The van der Waals surface area contributed by atoms with Crippen molar-refractivity contribution in [3.8, 4) is 17.0 Å². The van der Waals surface area contributed by atoms with E-state index < -0.39 is 5.91 Å². The number of anilines is 1. The summed E-state index contributed by atoms with van der Waals surface area (Å²) >= 11 is 0. The van der Waals surface area contributed by atoms with Crippen LogP contribution in [0.15, 0.2) is 36.9 Å². The summed E-state index contributed by atoms with van der Waals surface area (Å²) in [5.74, 6) is 0.930. The first-order valence-corrected chi connectivity index (χ1v) is 10.3. The Bertz CT molecular complexity index is 962. The minimum absolute atomic E-state index is 0.123. The first-order chi connectivity index (χ1) is 14.5. The molecule has 1 saturated carbocycles. The second-order valence-corrected chi connectivity index (χ2v) is 7.98. The Kier molecular flexibility index (Phi) is 5.48. The van der Waals surface area contributed by atoms with Gasteiger partial charge in [0.15, 0.2) is 0 Å². The molecule has 1 aromatic carbocycles. The van der Waals surface area contributed by atoms with Crippen molar-refractivity contribution in [2.45, 2.75) is 31.7 Å². The van der Waals surface area contributed by atoms with Crippen LogP contribution < -0.4 is 16.2 Å². The number of nitrogens with zero attached hydrogens (tertiary/aromatic N) is 3. The van der Waals surface area contributed by atoms with E-state index in [0.29, 0.717) is 24.7 Å². The molecule has 2 heterocycles. The van der Waals surface area contributed by atoms with Gasteiger partial charge < -0.3 is 21.1 Å². The normalized spacial score (nSPS) is 18.8. The highest BCUT2D eigenvalue weighted by atomic mass is 16.5. The summed E-state index contributed by atoms with van der Waals surface area (Å²) in [4.78, 5) is 25.9. The van der Waals surface area contributed by atoms with Crippen molar-refractivity contribution in [1.82, 2.24) is 14.7 Å². The summed E-state index contributed by atoms with van der Waals surface area (Å²) in [5, 5.41) is 4.64. The number of primary amides is 1. The van der Waals surface area contributed by atoms with Gasteiger partial charge in [0, 0.05) is 18.7 Å². The van der Waals surface area contributed by atoms with E-state index in [9.17, 15) is 9.59 Å². The van der Waals surface area contributed by atoms with Gasteiger partial charge in [0.25, 0.3) is 5.91 Å². The van der Waals surface area contributed by atoms with Crippen LogP contribution in [-0.2, 0) is 4.79 Å². The van der Waals surface area contributed by atoms with Gasteiger partial charge in [-0.3, -0.25) is 9.59 Å². The van der Waals surface area contributed by atoms with E-state index in [0.717, 1.165) is 30.8 Å². The molecule has 1 aromatic heterocycles. The summed E-state index contributed by atoms with van der Waals surface area (Å²) in [6.45, 7) is 5.41. The number of amides is 2. The van der Waals surface area contributed by atoms with Crippen molar-refractivity contribution in [2.24, 2.45) is 11.7 Å². The van der Waals surface area contributed by atoms with E-state index in [1.165, 1.54) is 18.9 Å². The molecule has 0 radical (unpaired) electrons. The SMILES string of the molecule is C=CC(=O)N1CCCC(n2nc(-c3ccc(OCC4CC4)cc3)c(C(N)=O)c2N)C1. The lowest BCUT2D eigenvalue weighted by Crippen LogP contribution is -2.40. The van der Waals surface area contributed by atoms with E-state index in [-0.39, 0.29) is 23.3 Å². The minimum atomic E-state index is -0.627. The number of hydrogen-bond donors (Lipinski definition) is 2. The van der Waals surface area contributed by atoms with Crippen molar-refractivity contribution >= 4 is 17.6 Å². The number of piperidine rings is 1. The van der Waals surface area contributed by atoms with Crippen molar-refractivity contribution < 1.29 is 14.3 Å². The molecule has 2 aromatic rings. The second-order valence-electron chi connectivity index (χ2n) is 7.98. The summed E-state index contributed by atoms with van der Waals surface area (Å²) in [5.41, 5.74) is 13.3. The van der Waals surface area contributed by atoms with Crippen LogP contribution in [-0.4, -0.2) is 46.2 Å². The molecular formula is C22H27N5O3. The molecule has 4 rings (SSSR count). The maximum Gasteiger partial charge on any atom is 0.254 e. The number of nitrogens with two attached hydrogens (primary N) is 2. The van der Waals surface area contributed by atoms with Crippen molar-refractivity contribution in [2.75, 3.05) is 25.4 Å². The van der Waals surface area contributed by atoms with Crippen LogP contribution >= 0.6 is 0 Å². The van der Waals surface area contributed by atoms with Gasteiger partial charge in [-0.05, 0) is 61.9 Å². The fourth-order valence-electron chi connectivity index (χ4n) is 3.86. The van der Waals surface area contributed by atoms with E-state index in [4.69, 9.17) is 16.2 Å². The summed E-state index contributed by atoms with van der Waals surface area (Å²) < 4.78 is 7.41. The molecule has 2 aliphatic rings. The molecule has 2 fully saturated rings. The highest BCUT2D eigenvalue weighted by molar-refractivity contribution is 6.03. The molecule has 2 amide bonds. The molecule has 0 spiro atoms. The molecule has 0 bridgehead atoms. The topological polar surface area (TPSA) is 116 Å². The van der Waals surface area contributed by atoms with E-state index >= 15 is 0 Å². The van der Waals surface area contributed by atoms with Crippen molar-refractivity contribution in [3.05, 3.63) is 42.5 Å². The van der Waals surface area contributed by atoms with Gasteiger partial charge in [-0.15, -0.1) is 0 Å². The Morgan fingerprint density at radius 1 is 1.23 bits per heavy atom. The number of ether oxygens (including phenoxy) is 1. The molecule has 8 nitrogen and oxygen atoms in total. The zero-order valence-electron chi connectivity index (χ0n) is 16.9. The summed E-state index contributed by atoms with van der Waals surface area (Å²) in [6, 6.07) is 7.31. The maximum absolute atomic E-state index is 12.2. The Morgan fingerprint density at radius 3 is 2.60 bits per heavy atom. The molecule has 30 heavy (non-hydrogen) atoms. The van der Waals surface area contributed by atoms with Crippen LogP contribution in [0.3, 0.4) is 0 Å². The molecule has 1 saturated heterocycles. The fourth-order valence-corrected chi connectivity index (χ4v) is 3.86. The van der Waals surface area contributed by atoms with E-state index in [2.05, 4.69) is 11.7 Å². The molecule has 1 atom stereocenters. The standard InChI is InChI=1S/C22H27N5O3/c1-2-18(28)26-11-3-4-16(12-26)27-21(23)19(22(24)29)20(25-27)15-7-9-17(10-8-15)30-13-14-5-6-14/h2,7-10,14,16H,1,3-6,11-13,23H2,(H2,24,29). The number of rotatable bonds is 7. The number of benzene rings is 1. The zero-order valence-corrected chi connectivity index (χ0v) is 16.9. The molecule has 4 N–H and O–H groups in total. The first kappa shape index (κ1) is 20.0. The van der Waals surface area contributed by atoms with Gasteiger partial charge in [0.2, 0.25) is 5.91 Å². The minimum Gasteiger partial charge on any atom is -0.493 e. The van der Waals surface area contributed by atoms with E-state index in [1.54, 1.807) is 9.58 Å². The highest BCUT2D eigenvalue weighted by Gasteiger charge is 2.29. The molecule has 1 aliphatic heterocycles. The number of hydrogen-bond acceptors (Lipinski definition) is 5. The molecule has 158 valence electrons. The monoisotopic (exact) mass is 409 g/mol. The van der Waals surface area contributed by atoms with Crippen LogP contribution in [0, 0.1) is 5.92 Å². The molecule has 1 unspecified atom stereocenters. The Balaban J connectivity index is 1.61. The van der Waals surface area contributed by atoms with E-state index in [1.807, 2.05) is 24.3 Å². The van der Waals surface area contributed by atoms with Gasteiger partial charge in [-0.1, -0.05) is 6.58 Å². The number of likely N-dealkylation sites (tertiary alicyclic amines) is 1. The predicted molar refractivity (Wildman–Crippen MR) is 114 cm³/mol. The second kappa shape index (κ2) is 8.22. The fraction of sp³-hybridized carbons (Fsp3) is 0.409. The Hall–Kier alpha value is -3.29. The average molecular weight is 409 g/mol. The number of carbonyl (C=O) groups excluding carboxylic acids is 2. The molecule has 1 aliphatic carbocycles. The lowest BCUT2D eigenvalue weighted by Gasteiger charge is -2.32. The quantitative estimate of drug-likeness (QED) is 0.681. The van der Waals surface area contributed by atoms with Gasteiger partial charge in [-0.2, -0.15) is 5.10 Å². The lowest BCUT2D eigenvalue weighted by molar-refractivity contribution is -0.127. The zero-order chi connectivity index (χ0) is 21.3. The largest absolute Gasteiger partial charge is 0.493 e. The smallest absolute Gasteiger partial charge is 0.254 e. The Morgan fingerprint density at radius 2 is 1.97 bits per heavy atom. The van der Waals surface area contributed by atoms with Crippen LogP contribution in [0.2, 0.25) is 0 Å². The highest BCUT2D eigenvalue weighted by Crippen LogP contribution is 2.33. The van der Waals surface area contributed by atoms with Gasteiger partial charge >= 0.3 is 0 Å². The summed E-state index contributed by atoms with van der Waals surface area (Å²) in [7, 11) is 0. The Labute approximate surface area is 175 Å². The lowest BCUT2D eigenvalue weighted by atomic mass is 10.1. The van der Waals surface area contributed by atoms with Crippen LogP contribution in [0.1, 0.15) is 42.1 Å². The summed E-state index contributed by atoms with van der Waals surface area (Å²) in [6.07, 6.45) is 5.39.